The van der Waals surface area contributed by atoms with Crippen molar-refractivity contribution in [1.29, 1.82) is 0 Å². The summed E-state index contributed by atoms with van der Waals surface area (Å²) in [7, 11) is 0. The maximum absolute atomic E-state index is 12.2. The highest BCUT2D eigenvalue weighted by Gasteiger charge is 2.27. The molecule has 15 heavy (non-hydrogen) atoms. The normalized spacial score (nSPS) is 12.3. The minimum atomic E-state index is -0.329. The number of rotatable bonds is 2. The van der Waals surface area contributed by atoms with E-state index in [1.54, 1.807) is 0 Å². The van der Waals surface area contributed by atoms with Gasteiger partial charge in [0.1, 0.15) is 0 Å². The fourth-order valence-electron chi connectivity index (χ4n) is 1.16. The standard InChI is InChI=1S/C13H25NO/c1-9(2)10(14-13(6,7)8)11(15)12(3,4)5/h14H,1-8H3. The van der Waals surface area contributed by atoms with Crippen LogP contribution in [0.2, 0.25) is 0 Å². The maximum atomic E-state index is 12.2. The summed E-state index contributed by atoms with van der Waals surface area (Å²) in [5.41, 5.74) is 1.40. The van der Waals surface area contributed by atoms with Crippen LogP contribution in [-0.4, -0.2) is 11.3 Å². The number of Topliss-reactive ketones (excluding diaryl/α,β-unsaturated/α-hetero) is 1. The average Bonchev–Trinajstić information content (AvgIpc) is 1.94. The van der Waals surface area contributed by atoms with Gasteiger partial charge >= 0.3 is 0 Å². The van der Waals surface area contributed by atoms with Gasteiger partial charge < -0.3 is 5.32 Å². The third-order valence-electron chi connectivity index (χ3n) is 1.91. The zero-order chi connectivity index (χ0) is 12.4. The number of hydrogen-bond acceptors (Lipinski definition) is 2. The summed E-state index contributed by atoms with van der Waals surface area (Å²) in [5, 5.41) is 3.29. The van der Waals surface area contributed by atoms with Crippen LogP contribution in [0.5, 0.6) is 0 Å². The summed E-state index contributed by atoms with van der Waals surface area (Å²) in [4.78, 5) is 12.2. The van der Waals surface area contributed by atoms with E-state index in [0.717, 1.165) is 11.3 Å². The summed E-state index contributed by atoms with van der Waals surface area (Å²) < 4.78 is 0. The molecule has 0 saturated heterocycles. The third-order valence-corrected chi connectivity index (χ3v) is 1.91. The Labute approximate surface area is 94.1 Å². The van der Waals surface area contributed by atoms with Crippen molar-refractivity contribution in [3.8, 4) is 0 Å². The van der Waals surface area contributed by atoms with Gasteiger partial charge in [-0.05, 0) is 40.2 Å². The highest BCUT2D eigenvalue weighted by Crippen LogP contribution is 2.22. The Hall–Kier alpha value is -0.790. The maximum Gasteiger partial charge on any atom is 0.183 e. The molecule has 0 unspecified atom stereocenters. The first-order valence-electron chi connectivity index (χ1n) is 5.45. The fraction of sp³-hybridized carbons (Fsp3) is 0.769. The van der Waals surface area contributed by atoms with Crippen LogP contribution in [0.25, 0.3) is 0 Å². The van der Waals surface area contributed by atoms with Crippen molar-refractivity contribution in [3.63, 3.8) is 0 Å². The lowest BCUT2D eigenvalue weighted by Crippen LogP contribution is -2.41. The summed E-state index contributed by atoms with van der Waals surface area (Å²) in [6, 6.07) is 0. The highest BCUT2D eigenvalue weighted by molar-refractivity contribution is 5.99. The van der Waals surface area contributed by atoms with Crippen molar-refractivity contribution in [2.24, 2.45) is 5.41 Å². The topological polar surface area (TPSA) is 29.1 Å². The summed E-state index contributed by atoms with van der Waals surface area (Å²) >= 11 is 0. The Kier molecular flexibility index (Phi) is 4.15. The molecule has 0 aromatic carbocycles. The molecule has 0 atom stereocenters. The molecule has 0 aliphatic rings. The van der Waals surface area contributed by atoms with Gasteiger partial charge in [-0.2, -0.15) is 0 Å². The van der Waals surface area contributed by atoms with Crippen molar-refractivity contribution in [2.45, 2.75) is 60.9 Å². The Morgan fingerprint density at radius 1 is 0.933 bits per heavy atom. The van der Waals surface area contributed by atoms with Crippen LogP contribution in [0.4, 0.5) is 0 Å². The summed E-state index contributed by atoms with van der Waals surface area (Å²) in [6.07, 6.45) is 0. The molecule has 2 heteroatoms. The van der Waals surface area contributed by atoms with Crippen LogP contribution in [-0.2, 0) is 4.79 Å². The van der Waals surface area contributed by atoms with Gasteiger partial charge in [0.2, 0.25) is 0 Å². The van der Waals surface area contributed by atoms with E-state index in [0.29, 0.717) is 0 Å². The summed E-state index contributed by atoms with van der Waals surface area (Å²) in [5.74, 6) is 0.178. The Morgan fingerprint density at radius 2 is 1.33 bits per heavy atom. The minimum Gasteiger partial charge on any atom is -0.378 e. The van der Waals surface area contributed by atoms with Gasteiger partial charge in [-0.1, -0.05) is 20.8 Å². The van der Waals surface area contributed by atoms with Gasteiger partial charge in [0, 0.05) is 11.0 Å². The number of carbonyl (C=O) groups is 1. The predicted molar refractivity (Wildman–Crippen MR) is 65.7 cm³/mol. The second kappa shape index (κ2) is 4.38. The number of hydrogen-bond donors (Lipinski definition) is 1. The number of nitrogens with one attached hydrogen (secondary N) is 1. The molecule has 0 aromatic rings. The molecule has 0 fully saturated rings. The van der Waals surface area contributed by atoms with E-state index in [1.165, 1.54) is 0 Å². The van der Waals surface area contributed by atoms with Crippen LogP contribution < -0.4 is 5.32 Å². The smallest absolute Gasteiger partial charge is 0.183 e. The van der Waals surface area contributed by atoms with Gasteiger partial charge in [-0.15, -0.1) is 0 Å². The number of allylic oxidation sites excluding steroid dienone is 2. The van der Waals surface area contributed by atoms with Gasteiger partial charge in [-0.25, -0.2) is 0 Å². The lowest BCUT2D eigenvalue weighted by molar-refractivity contribution is -0.123. The van der Waals surface area contributed by atoms with Gasteiger partial charge in [0.25, 0.3) is 0 Å². The van der Waals surface area contributed by atoms with Crippen molar-refractivity contribution in [3.05, 3.63) is 11.3 Å². The largest absolute Gasteiger partial charge is 0.378 e. The van der Waals surface area contributed by atoms with Crippen LogP contribution in [0, 0.1) is 5.41 Å². The Bertz CT molecular complexity index is 270. The first-order chi connectivity index (χ1) is 6.45. The zero-order valence-corrected chi connectivity index (χ0v) is 11.4. The quantitative estimate of drug-likeness (QED) is 0.710. The summed E-state index contributed by atoms with van der Waals surface area (Å²) in [6.45, 7) is 16.0. The predicted octanol–water partition coefficient (Wildman–Crippen LogP) is 3.28. The second-order valence-electron chi connectivity index (χ2n) is 6.33. The minimum absolute atomic E-state index is 0.0759. The van der Waals surface area contributed by atoms with Crippen molar-refractivity contribution in [1.82, 2.24) is 5.32 Å². The van der Waals surface area contributed by atoms with E-state index >= 15 is 0 Å². The average molecular weight is 211 g/mol. The molecule has 0 aromatic heterocycles. The number of carbonyl (C=O) groups excluding carboxylic acids is 1. The van der Waals surface area contributed by atoms with E-state index in [2.05, 4.69) is 26.1 Å². The molecule has 0 aliphatic heterocycles. The molecular formula is C13H25NO. The van der Waals surface area contributed by atoms with Crippen molar-refractivity contribution >= 4 is 5.78 Å². The monoisotopic (exact) mass is 211 g/mol. The van der Waals surface area contributed by atoms with E-state index in [1.807, 2.05) is 34.6 Å². The second-order valence-corrected chi connectivity index (χ2v) is 6.33. The van der Waals surface area contributed by atoms with E-state index in [4.69, 9.17) is 0 Å². The fourth-order valence-corrected chi connectivity index (χ4v) is 1.16. The van der Waals surface area contributed by atoms with Gasteiger partial charge in [-0.3, -0.25) is 4.79 Å². The molecular weight excluding hydrogens is 186 g/mol. The molecule has 88 valence electrons. The SMILES string of the molecule is CC(C)=C(NC(C)(C)C)C(=O)C(C)(C)C. The van der Waals surface area contributed by atoms with Crippen molar-refractivity contribution < 1.29 is 4.79 Å². The molecule has 0 radical (unpaired) electrons. The Balaban J connectivity index is 5.06. The van der Waals surface area contributed by atoms with Crippen LogP contribution >= 0.6 is 0 Å². The molecule has 0 amide bonds. The highest BCUT2D eigenvalue weighted by atomic mass is 16.1. The molecule has 2 nitrogen and oxygen atoms in total. The molecule has 1 N–H and O–H groups in total. The van der Waals surface area contributed by atoms with E-state index in [9.17, 15) is 4.79 Å². The zero-order valence-electron chi connectivity index (χ0n) is 11.4. The first kappa shape index (κ1) is 14.2. The molecule has 0 heterocycles. The van der Waals surface area contributed by atoms with Crippen LogP contribution in [0.15, 0.2) is 11.3 Å². The van der Waals surface area contributed by atoms with Crippen LogP contribution in [0.1, 0.15) is 55.4 Å². The molecule has 0 bridgehead atoms. The molecule has 0 spiro atoms. The van der Waals surface area contributed by atoms with E-state index in [-0.39, 0.29) is 16.7 Å². The van der Waals surface area contributed by atoms with E-state index < -0.39 is 0 Å². The molecule has 0 saturated carbocycles. The van der Waals surface area contributed by atoms with Gasteiger partial charge in [0.05, 0.1) is 5.70 Å². The molecule has 0 aliphatic carbocycles. The van der Waals surface area contributed by atoms with Gasteiger partial charge in [0.15, 0.2) is 5.78 Å². The van der Waals surface area contributed by atoms with Crippen LogP contribution in [0.3, 0.4) is 0 Å². The lowest BCUT2D eigenvalue weighted by Gasteiger charge is -2.28. The third kappa shape index (κ3) is 5.01. The Morgan fingerprint density at radius 3 is 1.53 bits per heavy atom. The molecule has 0 rings (SSSR count). The first-order valence-corrected chi connectivity index (χ1v) is 5.45. The lowest BCUT2D eigenvalue weighted by atomic mass is 9.87. The van der Waals surface area contributed by atoms with Crippen molar-refractivity contribution in [2.75, 3.05) is 0 Å². The number of ketones is 1.